The molecule has 6 nitrogen and oxygen atoms in total. The summed E-state index contributed by atoms with van der Waals surface area (Å²) in [6, 6.07) is 17.7. The Kier molecular flexibility index (Phi) is 4.57. The number of rotatable bonds is 3. The zero-order valence-electron chi connectivity index (χ0n) is 18.2. The Labute approximate surface area is 186 Å². The van der Waals surface area contributed by atoms with Crippen LogP contribution >= 0.6 is 0 Å². The number of aromatic nitrogens is 3. The fourth-order valence-electron chi connectivity index (χ4n) is 4.35. The first-order chi connectivity index (χ1) is 15.2. The summed E-state index contributed by atoms with van der Waals surface area (Å²) in [6.07, 6.45) is 1.25. The highest BCUT2D eigenvalue weighted by molar-refractivity contribution is 7.89. The van der Waals surface area contributed by atoms with Crippen molar-refractivity contribution in [1.82, 2.24) is 14.2 Å². The highest BCUT2D eigenvalue weighted by atomic mass is 32.2. The van der Waals surface area contributed by atoms with Gasteiger partial charge in [-0.25, -0.2) is 0 Å². The molecule has 0 radical (unpaired) electrons. The van der Waals surface area contributed by atoms with Crippen molar-refractivity contribution in [3.63, 3.8) is 0 Å². The molecule has 2 aromatic carbocycles. The first-order valence-electron chi connectivity index (χ1n) is 10.5. The summed E-state index contributed by atoms with van der Waals surface area (Å²) in [7, 11) is -4.14. The number of hydrogen-bond donors (Lipinski definition) is 0. The van der Waals surface area contributed by atoms with Crippen molar-refractivity contribution in [2.75, 3.05) is 0 Å². The van der Waals surface area contributed by atoms with Crippen LogP contribution in [0.25, 0.3) is 22.0 Å². The van der Waals surface area contributed by atoms with E-state index in [1.165, 1.54) is 12.1 Å². The third-order valence-corrected chi connectivity index (χ3v) is 7.48. The normalized spacial score (nSPS) is 15.1. The van der Waals surface area contributed by atoms with Crippen LogP contribution in [0.3, 0.4) is 0 Å². The van der Waals surface area contributed by atoms with Crippen LogP contribution in [0.2, 0.25) is 0 Å². The van der Waals surface area contributed by atoms with E-state index in [4.69, 9.17) is 4.98 Å². The smallest absolute Gasteiger partial charge is 0.266 e. The molecule has 7 heteroatoms. The summed E-state index contributed by atoms with van der Waals surface area (Å²) in [6.45, 7) is 6.08. The fraction of sp³-hybridized carbons (Fsp3) is 0.240. The molecule has 2 aromatic heterocycles. The number of benzene rings is 2. The summed E-state index contributed by atoms with van der Waals surface area (Å²) < 4.78 is 27.4. The third-order valence-electron chi connectivity index (χ3n) is 5.91. The Morgan fingerprint density at radius 2 is 1.59 bits per heavy atom. The average Bonchev–Trinajstić information content (AvgIpc) is 2.75. The van der Waals surface area contributed by atoms with Crippen molar-refractivity contribution in [2.45, 2.75) is 38.5 Å². The lowest BCUT2D eigenvalue weighted by Crippen LogP contribution is -2.34. The molecular formula is C25H23N3O3S. The molecule has 0 aliphatic heterocycles. The van der Waals surface area contributed by atoms with Crippen LogP contribution in [-0.4, -0.2) is 22.6 Å². The lowest BCUT2D eigenvalue weighted by atomic mass is 9.77. The summed E-state index contributed by atoms with van der Waals surface area (Å²) in [5.41, 5.74) is 3.03. The molecule has 0 fully saturated rings. The molecule has 1 aliphatic rings. The van der Waals surface area contributed by atoms with E-state index in [0.29, 0.717) is 39.1 Å². The molecule has 0 atom stereocenters. The second-order valence-corrected chi connectivity index (χ2v) is 10.9. The second kappa shape index (κ2) is 7.10. The highest BCUT2D eigenvalue weighted by Crippen LogP contribution is 2.37. The molecule has 0 unspecified atom stereocenters. The molecule has 2 heterocycles. The van der Waals surface area contributed by atoms with Crippen LogP contribution in [-0.2, 0) is 22.9 Å². The number of aryl methyl sites for hydroxylation is 1. The van der Waals surface area contributed by atoms with Crippen LogP contribution in [0.1, 0.15) is 30.8 Å². The molecule has 0 saturated heterocycles. The maximum absolute atomic E-state index is 13.5. The zero-order chi connectivity index (χ0) is 22.7. The van der Waals surface area contributed by atoms with Crippen molar-refractivity contribution >= 4 is 20.8 Å². The Balaban J connectivity index is 1.83. The third kappa shape index (κ3) is 3.33. The second-order valence-electron chi connectivity index (χ2n) is 9.17. The van der Waals surface area contributed by atoms with Gasteiger partial charge in [0, 0.05) is 10.9 Å². The van der Waals surface area contributed by atoms with Gasteiger partial charge < -0.3 is 0 Å². The maximum Gasteiger partial charge on any atom is 0.289 e. The predicted molar refractivity (Wildman–Crippen MR) is 124 cm³/mol. The van der Waals surface area contributed by atoms with Gasteiger partial charge in [-0.05, 0) is 43.4 Å². The van der Waals surface area contributed by atoms with Crippen molar-refractivity contribution in [2.24, 2.45) is 5.41 Å². The van der Waals surface area contributed by atoms with Gasteiger partial charge in [0.1, 0.15) is 0 Å². The van der Waals surface area contributed by atoms with E-state index in [-0.39, 0.29) is 10.3 Å². The SMILES string of the molecule is Cc1ccc(S(=O)(=O)n2nc3c4c(nc(-c5ccccc5)cc4c2=O)CC(C)(C)C3)cc1. The minimum absolute atomic E-state index is 0.0388. The van der Waals surface area contributed by atoms with Gasteiger partial charge in [0.15, 0.2) is 0 Å². The van der Waals surface area contributed by atoms with Gasteiger partial charge >= 0.3 is 0 Å². The first kappa shape index (κ1) is 20.6. The van der Waals surface area contributed by atoms with Crippen molar-refractivity contribution in [1.29, 1.82) is 0 Å². The molecule has 0 saturated carbocycles. The maximum atomic E-state index is 13.5. The van der Waals surface area contributed by atoms with E-state index in [2.05, 4.69) is 18.9 Å². The van der Waals surface area contributed by atoms with Crippen molar-refractivity contribution in [3.8, 4) is 11.3 Å². The van der Waals surface area contributed by atoms with Gasteiger partial charge in [0.05, 0.1) is 27.4 Å². The largest absolute Gasteiger partial charge is 0.289 e. The van der Waals surface area contributed by atoms with Gasteiger partial charge in [-0.3, -0.25) is 9.78 Å². The monoisotopic (exact) mass is 445 g/mol. The summed E-state index contributed by atoms with van der Waals surface area (Å²) in [5.74, 6) is 0. The summed E-state index contributed by atoms with van der Waals surface area (Å²) >= 11 is 0. The van der Waals surface area contributed by atoms with Gasteiger partial charge in [-0.1, -0.05) is 61.9 Å². The summed E-state index contributed by atoms with van der Waals surface area (Å²) in [5, 5.41) is 5.40. The summed E-state index contributed by atoms with van der Waals surface area (Å²) in [4.78, 5) is 18.4. The number of nitrogens with zero attached hydrogens (tertiary/aromatic N) is 3. The molecule has 162 valence electrons. The van der Waals surface area contributed by atoms with Gasteiger partial charge in [0.2, 0.25) is 0 Å². The van der Waals surface area contributed by atoms with Crippen LogP contribution in [0.4, 0.5) is 0 Å². The standard InChI is InChI=1S/C25H23N3O3S/c1-16-9-11-18(12-10-16)32(30,31)28-24(29)19-13-20(17-7-5-4-6-8-17)26-21-14-25(2,3)15-22(27-28)23(19)21/h4-13H,14-15H2,1-3H3. The fourth-order valence-corrected chi connectivity index (χ4v) is 5.55. The highest BCUT2D eigenvalue weighted by Gasteiger charge is 2.33. The van der Waals surface area contributed by atoms with E-state index in [1.807, 2.05) is 37.3 Å². The van der Waals surface area contributed by atoms with Crippen LogP contribution in [0.5, 0.6) is 0 Å². The first-order valence-corrected chi connectivity index (χ1v) is 11.9. The van der Waals surface area contributed by atoms with Crippen LogP contribution in [0.15, 0.2) is 70.4 Å². The molecule has 0 bridgehead atoms. The number of hydrogen-bond acceptors (Lipinski definition) is 5. The molecule has 4 aromatic rings. The van der Waals surface area contributed by atoms with Crippen molar-refractivity contribution < 1.29 is 8.42 Å². The molecule has 1 aliphatic carbocycles. The molecule has 5 rings (SSSR count). The minimum Gasteiger partial charge on any atom is -0.266 e. The van der Waals surface area contributed by atoms with Gasteiger partial charge in [0.25, 0.3) is 15.6 Å². The van der Waals surface area contributed by atoms with E-state index in [1.54, 1.807) is 18.2 Å². The van der Waals surface area contributed by atoms with Crippen LogP contribution < -0.4 is 5.56 Å². The average molecular weight is 446 g/mol. The molecular weight excluding hydrogens is 422 g/mol. The zero-order valence-corrected chi connectivity index (χ0v) is 19.0. The Morgan fingerprint density at radius 1 is 0.938 bits per heavy atom. The molecule has 32 heavy (non-hydrogen) atoms. The quantitative estimate of drug-likeness (QED) is 0.474. The van der Waals surface area contributed by atoms with E-state index < -0.39 is 15.6 Å². The topological polar surface area (TPSA) is 81.9 Å². The Hall–Kier alpha value is -3.32. The molecule has 0 N–H and O–H groups in total. The number of pyridine rings is 1. The molecule has 0 spiro atoms. The minimum atomic E-state index is -4.14. The van der Waals surface area contributed by atoms with E-state index in [9.17, 15) is 13.2 Å². The predicted octanol–water partition coefficient (Wildman–Crippen LogP) is 4.13. The van der Waals surface area contributed by atoms with E-state index in [0.717, 1.165) is 16.8 Å². The van der Waals surface area contributed by atoms with Gasteiger partial charge in [-0.15, -0.1) is 4.09 Å². The lowest BCUT2D eigenvalue weighted by Gasteiger charge is -2.30. The van der Waals surface area contributed by atoms with Gasteiger partial charge in [-0.2, -0.15) is 13.5 Å². The molecule has 0 amide bonds. The Morgan fingerprint density at radius 3 is 2.28 bits per heavy atom. The van der Waals surface area contributed by atoms with Crippen molar-refractivity contribution in [3.05, 3.63) is 88.0 Å². The lowest BCUT2D eigenvalue weighted by molar-refractivity contribution is 0.345. The van der Waals surface area contributed by atoms with Crippen LogP contribution in [0, 0.1) is 12.3 Å². The van der Waals surface area contributed by atoms with E-state index >= 15 is 0 Å². The Bertz CT molecular complexity index is 1520.